The lowest BCUT2D eigenvalue weighted by molar-refractivity contribution is -0.163. The zero-order valence-corrected chi connectivity index (χ0v) is 13.1. The first-order chi connectivity index (χ1) is 9.04. The lowest BCUT2D eigenvalue weighted by Crippen LogP contribution is -2.58. The van der Waals surface area contributed by atoms with E-state index in [4.69, 9.17) is 10.5 Å². The SMILES string of the molecule is CC1(C)CN(S(=O)(=O)c2ncccc2N)CC(C)(C)O1. The second kappa shape index (κ2) is 4.68. The van der Waals surface area contributed by atoms with Gasteiger partial charge in [0.2, 0.25) is 0 Å². The zero-order chi connectivity index (χ0) is 15.2. The molecule has 0 bridgehead atoms. The van der Waals surface area contributed by atoms with Crippen molar-refractivity contribution in [3.63, 3.8) is 0 Å². The van der Waals surface area contributed by atoms with Crippen molar-refractivity contribution in [2.75, 3.05) is 18.8 Å². The summed E-state index contributed by atoms with van der Waals surface area (Å²) >= 11 is 0. The number of aromatic nitrogens is 1. The fourth-order valence-corrected chi connectivity index (χ4v) is 4.40. The van der Waals surface area contributed by atoms with Crippen LogP contribution in [0.5, 0.6) is 0 Å². The van der Waals surface area contributed by atoms with Gasteiger partial charge < -0.3 is 10.5 Å². The number of hydrogen-bond donors (Lipinski definition) is 1. The molecular weight excluding hydrogens is 278 g/mol. The van der Waals surface area contributed by atoms with E-state index in [9.17, 15) is 8.42 Å². The van der Waals surface area contributed by atoms with Crippen molar-refractivity contribution in [3.05, 3.63) is 18.3 Å². The van der Waals surface area contributed by atoms with Crippen LogP contribution in [0.3, 0.4) is 0 Å². The Labute approximate surface area is 120 Å². The van der Waals surface area contributed by atoms with Crippen molar-refractivity contribution in [1.82, 2.24) is 9.29 Å². The summed E-state index contributed by atoms with van der Waals surface area (Å²) in [6.07, 6.45) is 1.43. The predicted molar refractivity (Wildman–Crippen MR) is 76.7 cm³/mol. The van der Waals surface area contributed by atoms with E-state index in [0.29, 0.717) is 0 Å². The minimum Gasteiger partial charge on any atom is -0.396 e. The Bertz CT molecular complexity index is 595. The fourth-order valence-electron chi connectivity index (χ4n) is 2.63. The van der Waals surface area contributed by atoms with Gasteiger partial charge in [-0.2, -0.15) is 4.31 Å². The summed E-state index contributed by atoms with van der Waals surface area (Å²) in [5, 5.41) is -0.0894. The molecule has 0 aromatic carbocycles. The van der Waals surface area contributed by atoms with Crippen LogP contribution >= 0.6 is 0 Å². The number of morpholine rings is 1. The highest BCUT2D eigenvalue weighted by atomic mass is 32.2. The molecule has 7 heteroatoms. The van der Waals surface area contributed by atoms with E-state index in [2.05, 4.69) is 4.98 Å². The minimum absolute atomic E-state index is 0.0894. The molecule has 0 saturated carbocycles. The molecule has 1 aliphatic rings. The summed E-state index contributed by atoms with van der Waals surface area (Å²) in [5.74, 6) is 0. The number of sulfonamides is 1. The van der Waals surface area contributed by atoms with Crippen molar-refractivity contribution in [2.24, 2.45) is 0 Å². The molecule has 1 aromatic heterocycles. The van der Waals surface area contributed by atoms with Gasteiger partial charge in [-0.15, -0.1) is 0 Å². The van der Waals surface area contributed by atoms with Crippen molar-refractivity contribution >= 4 is 15.7 Å². The quantitative estimate of drug-likeness (QED) is 0.888. The largest absolute Gasteiger partial charge is 0.396 e. The van der Waals surface area contributed by atoms with Gasteiger partial charge in [0.25, 0.3) is 10.0 Å². The number of ether oxygens (including phenoxy) is 1. The predicted octanol–water partition coefficient (Wildman–Crippen LogP) is 1.24. The van der Waals surface area contributed by atoms with Crippen LogP contribution < -0.4 is 5.73 Å². The van der Waals surface area contributed by atoms with Gasteiger partial charge in [0.05, 0.1) is 16.9 Å². The average molecular weight is 299 g/mol. The third kappa shape index (κ3) is 2.94. The number of nitrogen functional groups attached to an aromatic ring is 1. The third-order valence-corrected chi connectivity index (χ3v) is 4.82. The summed E-state index contributed by atoms with van der Waals surface area (Å²) in [6.45, 7) is 8.04. The van der Waals surface area contributed by atoms with Gasteiger partial charge in [-0.3, -0.25) is 0 Å². The van der Waals surface area contributed by atoms with Crippen molar-refractivity contribution in [2.45, 2.75) is 43.9 Å². The van der Waals surface area contributed by atoms with Crippen LogP contribution in [0.4, 0.5) is 5.69 Å². The first-order valence-corrected chi connectivity index (χ1v) is 7.88. The van der Waals surface area contributed by atoms with Crippen LogP contribution in [-0.4, -0.2) is 42.0 Å². The van der Waals surface area contributed by atoms with E-state index in [-0.39, 0.29) is 23.8 Å². The van der Waals surface area contributed by atoms with Crippen LogP contribution in [0, 0.1) is 0 Å². The van der Waals surface area contributed by atoms with Crippen LogP contribution in [0.1, 0.15) is 27.7 Å². The average Bonchev–Trinajstić information content (AvgIpc) is 2.25. The molecule has 112 valence electrons. The van der Waals surface area contributed by atoms with Crippen LogP contribution in [0.25, 0.3) is 0 Å². The molecule has 2 heterocycles. The number of hydrogen-bond acceptors (Lipinski definition) is 5. The molecule has 0 aliphatic carbocycles. The van der Waals surface area contributed by atoms with Crippen molar-refractivity contribution in [3.8, 4) is 0 Å². The van der Waals surface area contributed by atoms with Gasteiger partial charge in [0.15, 0.2) is 5.03 Å². The summed E-state index contributed by atoms with van der Waals surface area (Å²) in [7, 11) is -3.72. The first-order valence-electron chi connectivity index (χ1n) is 6.44. The highest BCUT2D eigenvalue weighted by molar-refractivity contribution is 7.89. The highest BCUT2D eigenvalue weighted by Crippen LogP contribution is 2.32. The Hall–Kier alpha value is -1.18. The number of nitrogens with two attached hydrogens (primary N) is 1. The molecular formula is C13H21N3O3S. The molecule has 2 N–H and O–H groups in total. The van der Waals surface area contributed by atoms with Crippen molar-refractivity contribution in [1.29, 1.82) is 0 Å². The van der Waals surface area contributed by atoms with E-state index in [1.165, 1.54) is 16.6 Å². The maximum absolute atomic E-state index is 12.7. The first kappa shape index (κ1) is 15.2. The molecule has 1 aromatic rings. The molecule has 0 spiro atoms. The summed E-state index contributed by atoms with van der Waals surface area (Å²) in [6, 6.07) is 3.15. The molecule has 2 rings (SSSR count). The topological polar surface area (TPSA) is 85.5 Å². The standard InChI is InChI=1S/C13H21N3O3S/c1-12(2)8-16(9-13(3,4)19-12)20(17,18)11-10(14)6-5-7-15-11/h5-7H,8-9,14H2,1-4H3. The smallest absolute Gasteiger partial charge is 0.262 e. The highest BCUT2D eigenvalue weighted by Gasteiger charge is 2.43. The maximum atomic E-state index is 12.7. The number of pyridine rings is 1. The number of anilines is 1. The zero-order valence-electron chi connectivity index (χ0n) is 12.3. The van der Waals surface area contributed by atoms with E-state index in [0.717, 1.165) is 0 Å². The van der Waals surface area contributed by atoms with Gasteiger partial charge in [-0.05, 0) is 39.8 Å². The normalized spacial score (nSPS) is 22.6. The molecule has 1 fully saturated rings. The van der Waals surface area contributed by atoms with Gasteiger partial charge in [-0.25, -0.2) is 13.4 Å². The Morgan fingerprint density at radius 1 is 1.25 bits per heavy atom. The monoisotopic (exact) mass is 299 g/mol. The third-order valence-electron chi connectivity index (χ3n) is 3.05. The molecule has 20 heavy (non-hydrogen) atoms. The molecule has 1 aliphatic heterocycles. The van der Waals surface area contributed by atoms with Gasteiger partial charge >= 0.3 is 0 Å². The lowest BCUT2D eigenvalue weighted by Gasteiger charge is -2.46. The Morgan fingerprint density at radius 3 is 2.30 bits per heavy atom. The van der Waals surface area contributed by atoms with E-state index in [1.54, 1.807) is 6.07 Å². The van der Waals surface area contributed by atoms with Crippen molar-refractivity contribution < 1.29 is 13.2 Å². The lowest BCUT2D eigenvalue weighted by atomic mass is 10.0. The van der Waals surface area contributed by atoms with Crippen LogP contribution in [-0.2, 0) is 14.8 Å². The second-order valence-corrected chi connectivity index (χ2v) is 8.15. The van der Waals surface area contributed by atoms with Gasteiger partial charge in [-0.1, -0.05) is 0 Å². The summed E-state index contributed by atoms with van der Waals surface area (Å²) in [4.78, 5) is 3.93. The minimum atomic E-state index is -3.72. The Morgan fingerprint density at radius 2 is 1.80 bits per heavy atom. The van der Waals surface area contributed by atoms with Gasteiger partial charge in [0.1, 0.15) is 0 Å². The summed E-state index contributed by atoms with van der Waals surface area (Å²) < 4.78 is 32.7. The van der Waals surface area contributed by atoms with Gasteiger partial charge in [0, 0.05) is 19.3 Å². The number of rotatable bonds is 2. The Balaban J connectivity index is 2.42. The molecule has 0 unspecified atom stereocenters. The molecule has 0 atom stereocenters. The number of nitrogens with zero attached hydrogens (tertiary/aromatic N) is 2. The van der Waals surface area contributed by atoms with E-state index in [1.807, 2.05) is 27.7 Å². The second-order valence-electron chi connectivity index (χ2n) is 6.29. The summed E-state index contributed by atoms with van der Waals surface area (Å²) in [5.41, 5.74) is 4.80. The Kier molecular flexibility index (Phi) is 3.56. The molecule has 0 amide bonds. The molecule has 6 nitrogen and oxygen atoms in total. The molecule has 1 saturated heterocycles. The van der Waals surface area contributed by atoms with E-state index < -0.39 is 21.2 Å². The molecule has 0 radical (unpaired) electrons. The van der Waals surface area contributed by atoms with Crippen LogP contribution in [0.2, 0.25) is 0 Å². The van der Waals surface area contributed by atoms with E-state index >= 15 is 0 Å². The fraction of sp³-hybridized carbons (Fsp3) is 0.615. The maximum Gasteiger partial charge on any atom is 0.262 e. The van der Waals surface area contributed by atoms with Crippen LogP contribution in [0.15, 0.2) is 23.4 Å².